The molecule has 3 aromatic rings. The van der Waals surface area contributed by atoms with Crippen molar-refractivity contribution in [2.45, 2.75) is 6.54 Å². The van der Waals surface area contributed by atoms with Crippen LogP contribution in [0.3, 0.4) is 0 Å². The van der Waals surface area contributed by atoms with Crippen LogP contribution < -0.4 is 5.56 Å². The molecule has 0 aliphatic carbocycles. The number of halogens is 2. The third kappa shape index (κ3) is 3.94. The molecule has 0 unspecified atom stereocenters. The minimum absolute atomic E-state index is 0.0523. The lowest BCUT2D eigenvalue weighted by Gasteiger charge is -2.34. The van der Waals surface area contributed by atoms with Crippen molar-refractivity contribution in [3.63, 3.8) is 0 Å². The maximum Gasteiger partial charge on any atom is 0.258 e. The molecule has 140 valence electrons. The van der Waals surface area contributed by atoms with E-state index in [9.17, 15) is 9.59 Å². The van der Waals surface area contributed by atoms with Crippen molar-refractivity contribution >= 4 is 49.7 Å². The number of nitrogens with zero attached hydrogens (tertiary/aromatic N) is 4. The first-order chi connectivity index (χ1) is 13.0. The van der Waals surface area contributed by atoms with Gasteiger partial charge in [-0.2, -0.15) is 0 Å². The van der Waals surface area contributed by atoms with Crippen molar-refractivity contribution in [3.8, 4) is 0 Å². The van der Waals surface area contributed by atoms with Gasteiger partial charge in [0.1, 0.15) is 0 Å². The molecule has 1 amide bonds. The summed E-state index contributed by atoms with van der Waals surface area (Å²) in [7, 11) is 0. The zero-order valence-electron chi connectivity index (χ0n) is 14.3. The molecule has 1 aliphatic rings. The third-order valence-electron chi connectivity index (χ3n) is 4.56. The van der Waals surface area contributed by atoms with Crippen LogP contribution in [0, 0.1) is 0 Å². The van der Waals surface area contributed by atoms with E-state index in [1.54, 1.807) is 28.8 Å². The fraction of sp³-hybridized carbons (Fsp3) is 0.278. The second-order valence-corrected chi connectivity index (χ2v) is 8.53. The molecule has 0 saturated carbocycles. The molecule has 6 nitrogen and oxygen atoms in total. The van der Waals surface area contributed by atoms with E-state index in [-0.39, 0.29) is 11.5 Å². The monoisotopic (exact) mass is 466 g/mol. The predicted octanol–water partition coefficient (Wildman–Crippen LogP) is 3.13. The van der Waals surface area contributed by atoms with Gasteiger partial charge in [0.15, 0.2) is 4.96 Å². The largest absolute Gasteiger partial charge is 0.336 e. The first-order valence-electron chi connectivity index (χ1n) is 8.44. The van der Waals surface area contributed by atoms with Gasteiger partial charge in [0.2, 0.25) is 0 Å². The van der Waals surface area contributed by atoms with Crippen LogP contribution >= 0.6 is 38.9 Å². The van der Waals surface area contributed by atoms with Crippen LogP contribution in [0.4, 0.5) is 0 Å². The Hall–Kier alpha value is -1.74. The molecule has 0 N–H and O–H groups in total. The van der Waals surface area contributed by atoms with Crippen LogP contribution in [-0.4, -0.2) is 51.3 Å². The van der Waals surface area contributed by atoms with E-state index in [1.165, 1.54) is 11.3 Å². The maximum absolute atomic E-state index is 12.7. The third-order valence-corrected chi connectivity index (χ3v) is 6.13. The molecule has 1 aromatic carbocycles. The summed E-state index contributed by atoms with van der Waals surface area (Å²) in [5, 5.41) is 2.30. The summed E-state index contributed by atoms with van der Waals surface area (Å²) in [6, 6.07) is 6.88. The second kappa shape index (κ2) is 7.71. The summed E-state index contributed by atoms with van der Waals surface area (Å²) in [6.07, 6.45) is 1.73. The van der Waals surface area contributed by atoms with Crippen LogP contribution in [0.5, 0.6) is 0 Å². The summed E-state index contributed by atoms with van der Waals surface area (Å²) in [6.45, 7) is 3.29. The number of rotatable bonds is 3. The first-order valence-corrected chi connectivity index (χ1v) is 10.5. The summed E-state index contributed by atoms with van der Waals surface area (Å²) in [5.74, 6) is -0.0523. The lowest BCUT2D eigenvalue weighted by Crippen LogP contribution is -2.48. The van der Waals surface area contributed by atoms with Gasteiger partial charge in [0, 0.05) is 54.8 Å². The first kappa shape index (κ1) is 18.6. The Labute approximate surface area is 173 Å². The molecule has 27 heavy (non-hydrogen) atoms. The average Bonchev–Trinajstić information content (AvgIpc) is 3.11. The number of carbonyl (C=O) groups is 1. The molecule has 1 aliphatic heterocycles. The molecule has 1 saturated heterocycles. The van der Waals surface area contributed by atoms with E-state index >= 15 is 0 Å². The number of amides is 1. The Morgan fingerprint density at radius 1 is 1.22 bits per heavy atom. The van der Waals surface area contributed by atoms with E-state index in [4.69, 9.17) is 11.6 Å². The highest BCUT2D eigenvalue weighted by Gasteiger charge is 2.24. The van der Waals surface area contributed by atoms with Gasteiger partial charge in [-0.3, -0.25) is 18.9 Å². The van der Waals surface area contributed by atoms with E-state index in [2.05, 4.69) is 25.8 Å². The van der Waals surface area contributed by atoms with E-state index in [1.807, 2.05) is 16.3 Å². The van der Waals surface area contributed by atoms with Crippen molar-refractivity contribution < 1.29 is 4.79 Å². The van der Waals surface area contributed by atoms with Crippen molar-refractivity contribution in [1.82, 2.24) is 19.2 Å². The van der Waals surface area contributed by atoms with Gasteiger partial charge in [-0.25, -0.2) is 4.98 Å². The van der Waals surface area contributed by atoms with Gasteiger partial charge in [0.25, 0.3) is 11.5 Å². The van der Waals surface area contributed by atoms with Gasteiger partial charge in [-0.05, 0) is 18.2 Å². The number of piperazine rings is 1. The second-order valence-electron chi connectivity index (χ2n) is 6.33. The zero-order valence-corrected chi connectivity index (χ0v) is 17.4. The summed E-state index contributed by atoms with van der Waals surface area (Å²) < 4.78 is 2.40. The van der Waals surface area contributed by atoms with Gasteiger partial charge >= 0.3 is 0 Å². The molecular weight excluding hydrogens is 452 g/mol. The SMILES string of the molecule is O=C(c1ccc(Br)cc1Cl)N1CCN(Cc2cc(=O)n3ccsc3n2)CC1. The van der Waals surface area contributed by atoms with Crippen LogP contribution in [0.1, 0.15) is 16.1 Å². The Morgan fingerprint density at radius 2 is 2.00 bits per heavy atom. The van der Waals surface area contributed by atoms with E-state index in [0.717, 1.165) is 23.3 Å². The molecular formula is C18H16BrClN4O2S. The molecule has 1 fully saturated rings. The molecule has 0 atom stereocenters. The Balaban J connectivity index is 1.41. The Kier molecular flexibility index (Phi) is 5.32. The highest BCUT2D eigenvalue weighted by Crippen LogP contribution is 2.23. The topological polar surface area (TPSA) is 57.9 Å². The number of benzene rings is 1. The minimum atomic E-state index is -0.0602. The summed E-state index contributed by atoms with van der Waals surface area (Å²) >= 11 is 11.0. The molecule has 3 heterocycles. The Morgan fingerprint density at radius 3 is 2.74 bits per heavy atom. The fourth-order valence-electron chi connectivity index (χ4n) is 3.14. The van der Waals surface area contributed by atoms with Crippen molar-refractivity contribution in [1.29, 1.82) is 0 Å². The predicted molar refractivity (Wildman–Crippen MR) is 110 cm³/mol. The number of hydrogen-bond acceptors (Lipinski definition) is 5. The lowest BCUT2D eigenvalue weighted by molar-refractivity contribution is 0.0627. The quantitative estimate of drug-likeness (QED) is 0.594. The van der Waals surface area contributed by atoms with E-state index in [0.29, 0.717) is 35.2 Å². The lowest BCUT2D eigenvalue weighted by atomic mass is 10.1. The number of thiazole rings is 1. The highest BCUT2D eigenvalue weighted by atomic mass is 79.9. The van der Waals surface area contributed by atoms with Crippen LogP contribution in [0.25, 0.3) is 4.96 Å². The van der Waals surface area contributed by atoms with Crippen LogP contribution in [-0.2, 0) is 6.54 Å². The maximum atomic E-state index is 12.7. The minimum Gasteiger partial charge on any atom is -0.336 e. The van der Waals surface area contributed by atoms with E-state index < -0.39 is 0 Å². The smallest absolute Gasteiger partial charge is 0.258 e. The number of aromatic nitrogens is 2. The molecule has 0 bridgehead atoms. The van der Waals surface area contributed by atoms with Crippen molar-refractivity contribution in [2.75, 3.05) is 26.2 Å². The molecule has 0 spiro atoms. The zero-order chi connectivity index (χ0) is 19.0. The number of fused-ring (bicyclic) bond motifs is 1. The standard InChI is InChI=1S/C18H16BrClN4O2S/c19-12-1-2-14(15(20)9-12)17(26)23-5-3-22(4-6-23)11-13-10-16(25)24-7-8-27-18(24)21-13/h1-2,7-10H,3-6,11H2. The Bertz CT molecular complexity index is 1060. The fourth-order valence-corrected chi connectivity index (χ4v) is 4.63. The van der Waals surface area contributed by atoms with Crippen LogP contribution in [0.2, 0.25) is 5.02 Å². The summed E-state index contributed by atoms with van der Waals surface area (Å²) in [4.78, 5) is 34.1. The van der Waals surface area contributed by atoms with Gasteiger partial charge < -0.3 is 4.90 Å². The average molecular weight is 468 g/mol. The number of hydrogen-bond donors (Lipinski definition) is 0. The number of carbonyl (C=O) groups excluding carboxylic acids is 1. The molecule has 9 heteroatoms. The van der Waals surface area contributed by atoms with Crippen molar-refractivity contribution in [2.24, 2.45) is 0 Å². The molecule has 4 rings (SSSR count). The van der Waals surface area contributed by atoms with Gasteiger partial charge in [0.05, 0.1) is 16.3 Å². The van der Waals surface area contributed by atoms with Gasteiger partial charge in [-0.15, -0.1) is 11.3 Å². The molecule has 2 aromatic heterocycles. The highest BCUT2D eigenvalue weighted by molar-refractivity contribution is 9.10. The van der Waals surface area contributed by atoms with Crippen molar-refractivity contribution in [3.05, 3.63) is 66.9 Å². The van der Waals surface area contributed by atoms with Gasteiger partial charge in [-0.1, -0.05) is 27.5 Å². The molecule has 0 radical (unpaired) electrons. The summed E-state index contributed by atoms with van der Waals surface area (Å²) in [5.41, 5.74) is 1.22. The normalized spacial score (nSPS) is 15.4. The van der Waals surface area contributed by atoms with Crippen LogP contribution in [0.15, 0.2) is 45.1 Å².